The zero-order valence-corrected chi connectivity index (χ0v) is 19.8. The summed E-state index contributed by atoms with van der Waals surface area (Å²) >= 11 is 0. The Kier molecular flexibility index (Phi) is 6.16. The molecule has 2 amide bonds. The third-order valence-electron chi connectivity index (χ3n) is 7.64. The maximum absolute atomic E-state index is 13.1. The average Bonchev–Trinajstić information content (AvgIpc) is 2.85. The van der Waals surface area contributed by atoms with E-state index in [1.807, 2.05) is 21.6 Å². The highest BCUT2D eigenvalue weighted by molar-refractivity contribution is 6.06. The van der Waals surface area contributed by atoms with Crippen LogP contribution in [0.5, 0.6) is 5.75 Å². The summed E-state index contributed by atoms with van der Waals surface area (Å²) in [6, 6.07) is 10.9. The van der Waals surface area contributed by atoms with E-state index >= 15 is 0 Å². The van der Waals surface area contributed by atoms with Crippen molar-refractivity contribution >= 4 is 17.5 Å². The molecular weight excluding hydrogens is 432 g/mol. The van der Waals surface area contributed by atoms with Crippen molar-refractivity contribution in [3.05, 3.63) is 58.0 Å². The molecular formula is C26H32N4O4. The Morgan fingerprint density at radius 3 is 2.53 bits per heavy atom. The highest BCUT2D eigenvalue weighted by atomic mass is 16.5. The van der Waals surface area contributed by atoms with Crippen molar-refractivity contribution in [3.63, 3.8) is 0 Å². The predicted molar refractivity (Wildman–Crippen MR) is 129 cm³/mol. The van der Waals surface area contributed by atoms with Gasteiger partial charge in [-0.05, 0) is 43.4 Å². The van der Waals surface area contributed by atoms with Crippen LogP contribution in [-0.2, 0) is 11.3 Å². The molecule has 1 aromatic carbocycles. The molecule has 8 nitrogen and oxygen atoms in total. The number of methoxy groups -OCH3 is 1. The molecule has 8 heteroatoms. The van der Waals surface area contributed by atoms with Gasteiger partial charge in [-0.2, -0.15) is 0 Å². The number of hydrogen-bond acceptors (Lipinski definition) is 5. The van der Waals surface area contributed by atoms with E-state index in [0.717, 1.165) is 51.1 Å². The fourth-order valence-electron chi connectivity index (χ4n) is 6.02. The van der Waals surface area contributed by atoms with Crippen LogP contribution in [0.3, 0.4) is 0 Å². The Hall–Kier alpha value is -3.13. The number of piperidine rings is 2. The van der Waals surface area contributed by atoms with Gasteiger partial charge in [0.1, 0.15) is 5.75 Å². The molecule has 2 atom stereocenters. The van der Waals surface area contributed by atoms with Gasteiger partial charge in [0.15, 0.2) is 0 Å². The first-order chi connectivity index (χ1) is 16.4. The minimum Gasteiger partial charge on any atom is -0.496 e. The van der Waals surface area contributed by atoms with Crippen LogP contribution in [0.1, 0.15) is 48.2 Å². The molecule has 2 aromatic rings. The third kappa shape index (κ3) is 4.22. The topological polar surface area (TPSA) is 83.9 Å². The number of nitrogens with zero attached hydrogens (tertiary/aromatic N) is 3. The van der Waals surface area contributed by atoms with Gasteiger partial charge >= 0.3 is 0 Å². The molecule has 180 valence electrons. The highest BCUT2D eigenvalue weighted by Gasteiger charge is 2.39. The number of aromatic nitrogens is 1. The molecule has 0 saturated carbocycles. The Balaban J connectivity index is 1.39. The van der Waals surface area contributed by atoms with Gasteiger partial charge in [0.2, 0.25) is 5.91 Å². The van der Waals surface area contributed by atoms with Crippen molar-refractivity contribution in [1.29, 1.82) is 0 Å². The molecule has 0 aliphatic carbocycles. The maximum atomic E-state index is 13.1. The first kappa shape index (κ1) is 22.7. The first-order valence-corrected chi connectivity index (χ1v) is 12.1. The second-order valence-corrected chi connectivity index (χ2v) is 9.73. The van der Waals surface area contributed by atoms with Gasteiger partial charge in [-0.3, -0.25) is 19.3 Å². The van der Waals surface area contributed by atoms with E-state index in [1.54, 1.807) is 38.3 Å². The number of carbonyl (C=O) groups excluding carboxylic acids is 2. The quantitative estimate of drug-likeness (QED) is 0.752. The van der Waals surface area contributed by atoms with E-state index in [0.29, 0.717) is 35.5 Å². The number of benzene rings is 1. The Labute approximate surface area is 199 Å². The van der Waals surface area contributed by atoms with Crippen LogP contribution >= 0.6 is 0 Å². The average molecular weight is 465 g/mol. The monoisotopic (exact) mass is 464 g/mol. The van der Waals surface area contributed by atoms with Crippen molar-refractivity contribution in [1.82, 2.24) is 14.4 Å². The van der Waals surface area contributed by atoms with E-state index in [1.165, 1.54) is 0 Å². The molecule has 3 aliphatic rings. The maximum Gasteiger partial charge on any atom is 0.259 e. The van der Waals surface area contributed by atoms with Gasteiger partial charge in [-0.1, -0.05) is 12.1 Å². The van der Waals surface area contributed by atoms with Gasteiger partial charge in [0, 0.05) is 63.4 Å². The lowest BCUT2D eigenvalue weighted by atomic mass is 9.81. The fourth-order valence-corrected chi connectivity index (χ4v) is 6.02. The van der Waals surface area contributed by atoms with E-state index in [-0.39, 0.29) is 23.3 Å². The molecule has 0 radical (unpaired) electrons. The number of amides is 2. The summed E-state index contributed by atoms with van der Waals surface area (Å²) in [7, 11) is 1.55. The predicted octanol–water partition coefficient (Wildman–Crippen LogP) is 2.54. The number of pyridine rings is 1. The molecule has 4 heterocycles. The summed E-state index contributed by atoms with van der Waals surface area (Å²) < 4.78 is 7.23. The van der Waals surface area contributed by atoms with E-state index in [2.05, 4.69) is 10.2 Å². The van der Waals surface area contributed by atoms with Gasteiger partial charge in [-0.15, -0.1) is 0 Å². The molecule has 1 N–H and O–H groups in total. The standard InChI is InChI=1S/C26H32N4O4/c1-17(31)28-11-9-20(10-12-28)29-14-18-13-19(16-29)25-22(7-8-24(32)30(25)15-18)27-26(33)21-5-3-4-6-23(21)34-2/h3-8,18-20H,9-16H2,1-2H3,(H,27,33)/t18-,19+/m0/s1. The number of ether oxygens (including phenoxy) is 1. The zero-order valence-electron chi connectivity index (χ0n) is 19.8. The second-order valence-electron chi connectivity index (χ2n) is 9.73. The van der Waals surface area contributed by atoms with E-state index in [4.69, 9.17) is 4.74 Å². The number of para-hydroxylation sites is 1. The number of likely N-dealkylation sites (tertiary alicyclic amines) is 2. The molecule has 0 spiro atoms. The van der Waals surface area contributed by atoms with Gasteiger partial charge < -0.3 is 19.5 Å². The number of hydrogen-bond donors (Lipinski definition) is 1. The summed E-state index contributed by atoms with van der Waals surface area (Å²) in [6.45, 7) is 5.77. The van der Waals surface area contributed by atoms with Crippen LogP contribution in [0.15, 0.2) is 41.2 Å². The molecule has 5 rings (SSSR count). The normalized spacial score (nSPS) is 22.7. The molecule has 2 saturated heterocycles. The van der Waals surface area contributed by atoms with Crippen LogP contribution in [-0.4, -0.2) is 65.5 Å². The summed E-state index contributed by atoms with van der Waals surface area (Å²) in [4.78, 5) is 42.1. The van der Waals surface area contributed by atoms with Crippen molar-refractivity contribution in [3.8, 4) is 5.75 Å². The number of rotatable bonds is 4. The smallest absolute Gasteiger partial charge is 0.259 e. The zero-order chi connectivity index (χ0) is 23.8. The summed E-state index contributed by atoms with van der Waals surface area (Å²) in [5, 5.41) is 3.06. The Bertz CT molecular complexity index is 1150. The number of nitrogens with one attached hydrogen (secondary N) is 1. The fraction of sp³-hybridized carbons (Fsp3) is 0.500. The minimum atomic E-state index is -0.245. The van der Waals surface area contributed by atoms with Crippen LogP contribution in [0.4, 0.5) is 5.69 Å². The number of carbonyl (C=O) groups is 2. The lowest BCUT2D eigenvalue weighted by Crippen LogP contribution is -2.53. The number of fused-ring (bicyclic) bond motifs is 4. The third-order valence-corrected chi connectivity index (χ3v) is 7.64. The molecule has 0 unspecified atom stereocenters. The first-order valence-electron chi connectivity index (χ1n) is 12.1. The highest BCUT2D eigenvalue weighted by Crippen LogP contribution is 2.40. The molecule has 3 aliphatic heterocycles. The van der Waals surface area contributed by atoms with Crippen molar-refractivity contribution in [2.45, 2.75) is 44.7 Å². The molecule has 1 aromatic heterocycles. The van der Waals surface area contributed by atoms with Crippen molar-refractivity contribution in [2.75, 3.05) is 38.6 Å². The molecule has 34 heavy (non-hydrogen) atoms. The van der Waals surface area contributed by atoms with E-state index in [9.17, 15) is 14.4 Å². The largest absolute Gasteiger partial charge is 0.496 e. The number of anilines is 1. The van der Waals surface area contributed by atoms with E-state index < -0.39 is 0 Å². The minimum absolute atomic E-state index is 0.0109. The van der Waals surface area contributed by atoms with Crippen LogP contribution in [0.2, 0.25) is 0 Å². The lowest BCUT2D eigenvalue weighted by Gasteiger charge is -2.47. The van der Waals surface area contributed by atoms with Gasteiger partial charge in [0.05, 0.1) is 18.4 Å². The lowest BCUT2D eigenvalue weighted by molar-refractivity contribution is -0.130. The summed E-state index contributed by atoms with van der Waals surface area (Å²) in [5.74, 6) is 1.01. The Morgan fingerprint density at radius 1 is 1.03 bits per heavy atom. The van der Waals surface area contributed by atoms with Crippen LogP contribution in [0.25, 0.3) is 0 Å². The van der Waals surface area contributed by atoms with Crippen LogP contribution in [0, 0.1) is 5.92 Å². The van der Waals surface area contributed by atoms with Crippen molar-refractivity contribution in [2.24, 2.45) is 5.92 Å². The summed E-state index contributed by atoms with van der Waals surface area (Å²) in [6.07, 6.45) is 2.99. The second kappa shape index (κ2) is 9.25. The van der Waals surface area contributed by atoms with Gasteiger partial charge in [-0.25, -0.2) is 0 Å². The molecule has 2 fully saturated rings. The molecule has 2 bridgehead atoms. The van der Waals surface area contributed by atoms with Crippen molar-refractivity contribution < 1.29 is 14.3 Å². The summed E-state index contributed by atoms with van der Waals surface area (Å²) in [5.41, 5.74) is 2.08. The SMILES string of the molecule is COc1ccccc1C(=O)Nc1ccc(=O)n2c1[C@@H]1C[C@@H](CN(C3CCN(C(C)=O)CC3)C1)C2. The Morgan fingerprint density at radius 2 is 1.79 bits per heavy atom. The van der Waals surface area contributed by atoms with Gasteiger partial charge in [0.25, 0.3) is 11.5 Å². The van der Waals surface area contributed by atoms with Crippen LogP contribution < -0.4 is 15.6 Å².